The van der Waals surface area contributed by atoms with Crippen LogP contribution >= 0.6 is 11.6 Å². The molecular formula is C12H15ClFNO2. The molecule has 94 valence electrons. The van der Waals surface area contributed by atoms with Gasteiger partial charge >= 0.3 is 0 Å². The van der Waals surface area contributed by atoms with E-state index in [0.717, 1.165) is 0 Å². The SMILES string of the molecule is COc1ccc(F)cc1C(C)NC(=O)C(C)Cl. The third kappa shape index (κ3) is 3.60. The first-order valence-corrected chi connectivity index (χ1v) is 5.67. The fraction of sp³-hybridized carbons (Fsp3) is 0.417. The Morgan fingerprint density at radius 1 is 1.47 bits per heavy atom. The first-order valence-electron chi connectivity index (χ1n) is 5.23. The molecule has 1 aromatic rings. The number of carbonyl (C=O) groups excluding carboxylic acids is 1. The molecule has 2 atom stereocenters. The van der Waals surface area contributed by atoms with Crippen molar-refractivity contribution in [3.63, 3.8) is 0 Å². The van der Waals surface area contributed by atoms with E-state index in [9.17, 15) is 9.18 Å². The summed E-state index contributed by atoms with van der Waals surface area (Å²) in [6.45, 7) is 3.32. The molecule has 0 heterocycles. The van der Waals surface area contributed by atoms with Crippen molar-refractivity contribution in [3.8, 4) is 5.75 Å². The summed E-state index contributed by atoms with van der Waals surface area (Å²) in [7, 11) is 1.50. The Hall–Kier alpha value is -1.29. The van der Waals surface area contributed by atoms with Gasteiger partial charge in [-0.2, -0.15) is 0 Å². The number of benzene rings is 1. The number of ether oxygens (including phenoxy) is 1. The van der Waals surface area contributed by atoms with Crippen LogP contribution < -0.4 is 10.1 Å². The Balaban J connectivity index is 2.91. The number of halogens is 2. The van der Waals surface area contributed by atoms with Gasteiger partial charge in [-0.3, -0.25) is 4.79 Å². The second-order valence-corrected chi connectivity index (χ2v) is 4.39. The molecule has 3 nitrogen and oxygen atoms in total. The molecule has 17 heavy (non-hydrogen) atoms. The number of amides is 1. The Morgan fingerprint density at radius 3 is 2.65 bits per heavy atom. The summed E-state index contributed by atoms with van der Waals surface area (Å²) in [4.78, 5) is 11.4. The van der Waals surface area contributed by atoms with E-state index in [1.807, 2.05) is 0 Å². The predicted octanol–water partition coefficient (Wildman–Crippen LogP) is 2.64. The summed E-state index contributed by atoms with van der Waals surface area (Å²) in [6.07, 6.45) is 0. The van der Waals surface area contributed by atoms with Crippen molar-refractivity contribution in [1.29, 1.82) is 0 Å². The summed E-state index contributed by atoms with van der Waals surface area (Å²) < 4.78 is 18.3. The molecule has 0 aliphatic heterocycles. The fourth-order valence-electron chi connectivity index (χ4n) is 1.45. The molecule has 0 aliphatic rings. The van der Waals surface area contributed by atoms with E-state index in [4.69, 9.17) is 16.3 Å². The smallest absolute Gasteiger partial charge is 0.238 e. The number of methoxy groups -OCH3 is 1. The molecule has 0 aliphatic carbocycles. The van der Waals surface area contributed by atoms with E-state index in [2.05, 4.69) is 5.32 Å². The van der Waals surface area contributed by atoms with Crippen LogP contribution in [0.15, 0.2) is 18.2 Å². The van der Waals surface area contributed by atoms with Crippen molar-refractivity contribution in [2.45, 2.75) is 25.3 Å². The molecule has 0 fully saturated rings. The van der Waals surface area contributed by atoms with Gasteiger partial charge in [-0.1, -0.05) is 0 Å². The Bertz CT molecular complexity index is 409. The molecule has 1 rings (SSSR count). The van der Waals surface area contributed by atoms with Crippen LogP contribution in [-0.4, -0.2) is 18.4 Å². The molecule has 0 spiro atoms. The fourth-order valence-corrected chi connectivity index (χ4v) is 1.51. The standard InChI is InChI=1S/C12H15ClFNO2/c1-7(13)12(16)15-8(2)10-6-9(14)4-5-11(10)17-3/h4-8H,1-3H3,(H,15,16). The molecule has 5 heteroatoms. The number of hydrogen-bond donors (Lipinski definition) is 1. The summed E-state index contributed by atoms with van der Waals surface area (Å²) in [6, 6.07) is 3.80. The number of nitrogens with one attached hydrogen (secondary N) is 1. The third-order valence-electron chi connectivity index (χ3n) is 2.38. The van der Waals surface area contributed by atoms with Gasteiger partial charge in [0.15, 0.2) is 0 Å². The second-order valence-electron chi connectivity index (χ2n) is 3.73. The van der Waals surface area contributed by atoms with Crippen LogP contribution in [0.2, 0.25) is 0 Å². The predicted molar refractivity (Wildman–Crippen MR) is 64.8 cm³/mol. The summed E-state index contributed by atoms with van der Waals surface area (Å²) in [5.74, 6) is -0.146. The van der Waals surface area contributed by atoms with Gasteiger partial charge in [-0.15, -0.1) is 11.6 Å². The summed E-state index contributed by atoms with van der Waals surface area (Å²) in [5.41, 5.74) is 0.582. The zero-order chi connectivity index (χ0) is 13.0. The van der Waals surface area contributed by atoms with Gasteiger partial charge in [-0.05, 0) is 32.0 Å². The summed E-state index contributed by atoms with van der Waals surface area (Å²) in [5, 5.41) is 2.05. The molecule has 1 N–H and O–H groups in total. The zero-order valence-corrected chi connectivity index (χ0v) is 10.7. The van der Waals surface area contributed by atoms with E-state index < -0.39 is 5.38 Å². The topological polar surface area (TPSA) is 38.3 Å². The first kappa shape index (κ1) is 13.8. The average Bonchev–Trinajstić information content (AvgIpc) is 2.28. The van der Waals surface area contributed by atoms with Crippen molar-refractivity contribution in [3.05, 3.63) is 29.6 Å². The quantitative estimate of drug-likeness (QED) is 0.845. The van der Waals surface area contributed by atoms with Gasteiger partial charge in [-0.25, -0.2) is 4.39 Å². The maximum Gasteiger partial charge on any atom is 0.238 e. The van der Waals surface area contributed by atoms with Crippen molar-refractivity contribution < 1.29 is 13.9 Å². The van der Waals surface area contributed by atoms with Crippen LogP contribution in [0.5, 0.6) is 5.75 Å². The molecule has 0 radical (unpaired) electrons. The molecule has 0 bridgehead atoms. The van der Waals surface area contributed by atoms with E-state index >= 15 is 0 Å². The van der Waals surface area contributed by atoms with Gasteiger partial charge in [0.25, 0.3) is 0 Å². The number of hydrogen-bond acceptors (Lipinski definition) is 2. The molecule has 1 aromatic carbocycles. The van der Waals surface area contributed by atoms with Crippen LogP contribution in [0, 0.1) is 5.82 Å². The average molecular weight is 260 g/mol. The lowest BCUT2D eigenvalue weighted by atomic mass is 10.1. The lowest BCUT2D eigenvalue weighted by Crippen LogP contribution is -2.32. The number of carbonyl (C=O) groups is 1. The molecule has 0 saturated carbocycles. The minimum absolute atomic E-state index is 0.300. The van der Waals surface area contributed by atoms with Gasteiger partial charge in [0.05, 0.1) is 13.2 Å². The lowest BCUT2D eigenvalue weighted by molar-refractivity contribution is -0.121. The highest BCUT2D eigenvalue weighted by Crippen LogP contribution is 2.25. The van der Waals surface area contributed by atoms with Crippen LogP contribution in [-0.2, 0) is 4.79 Å². The maximum atomic E-state index is 13.1. The molecule has 1 amide bonds. The minimum Gasteiger partial charge on any atom is -0.496 e. The van der Waals surface area contributed by atoms with E-state index in [1.165, 1.54) is 25.3 Å². The van der Waals surface area contributed by atoms with Gasteiger partial charge in [0.1, 0.15) is 16.9 Å². The van der Waals surface area contributed by atoms with Crippen molar-refractivity contribution in [2.24, 2.45) is 0 Å². The van der Waals surface area contributed by atoms with Gasteiger partial charge in [0.2, 0.25) is 5.91 Å². The minimum atomic E-state index is -0.628. The molecule has 0 saturated heterocycles. The Kier molecular flexibility index (Phi) is 4.75. The van der Waals surface area contributed by atoms with Gasteiger partial charge in [0, 0.05) is 5.56 Å². The normalized spacial score (nSPS) is 13.9. The van der Waals surface area contributed by atoms with Crippen LogP contribution in [0.3, 0.4) is 0 Å². The summed E-state index contributed by atoms with van der Waals surface area (Å²) >= 11 is 5.65. The highest BCUT2D eigenvalue weighted by molar-refractivity contribution is 6.30. The van der Waals surface area contributed by atoms with Crippen LogP contribution in [0.25, 0.3) is 0 Å². The van der Waals surface area contributed by atoms with Crippen LogP contribution in [0.4, 0.5) is 4.39 Å². The van der Waals surface area contributed by atoms with Crippen LogP contribution in [0.1, 0.15) is 25.5 Å². The maximum absolute atomic E-state index is 13.1. The first-order chi connectivity index (χ1) is 7.95. The molecule has 0 aromatic heterocycles. The Labute approximate surface area is 105 Å². The largest absolute Gasteiger partial charge is 0.496 e. The lowest BCUT2D eigenvalue weighted by Gasteiger charge is -2.18. The van der Waals surface area contributed by atoms with E-state index in [0.29, 0.717) is 11.3 Å². The number of alkyl halides is 1. The molecular weight excluding hydrogens is 245 g/mol. The van der Waals surface area contributed by atoms with E-state index in [1.54, 1.807) is 13.8 Å². The van der Waals surface area contributed by atoms with Gasteiger partial charge < -0.3 is 10.1 Å². The van der Waals surface area contributed by atoms with Crippen molar-refractivity contribution in [2.75, 3.05) is 7.11 Å². The monoisotopic (exact) mass is 259 g/mol. The van der Waals surface area contributed by atoms with E-state index in [-0.39, 0.29) is 17.8 Å². The number of rotatable bonds is 4. The van der Waals surface area contributed by atoms with Crippen molar-refractivity contribution >= 4 is 17.5 Å². The molecule has 2 unspecified atom stereocenters. The van der Waals surface area contributed by atoms with Crippen molar-refractivity contribution in [1.82, 2.24) is 5.32 Å². The second kappa shape index (κ2) is 5.87. The third-order valence-corrected chi connectivity index (χ3v) is 2.58. The highest BCUT2D eigenvalue weighted by Gasteiger charge is 2.17. The zero-order valence-electron chi connectivity index (χ0n) is 9.96. The highest BCUT2D eigenvalue weighted by atomic mass is 35.5. The Morgan fingerprint density at radius 2 is 2.12 bits per heavy atom.